The van der Waals surface area contributed by atoms with Gasteiger partial charge in [-0.2, -0.15) is 5.10 Å². The zero-order chi connectivity index (χ0) is 13.0. The number of aromatic nitrogens is 1. The number of amides is 1. The van der Waals surface area contributed by atoms with Gasteiger partial charge in [0, 0.05) is 25.2 Å². The van der Waals surface area contributed by atoms with E-state index < -0.39 is 0 Å². The van der Waals surface area contributed by atoms with Gasteiger partial charge in [-0.05, 0) is 26.7 Å². The second-order valence-electron chi connectivity index (χ2n) is 4.23. The lowest BCUT2D eigenvalue weighted by atomic mass is 10.4. The summed E-state index contributed by atoms with van der Waals surface area (Å²) in [6, 6.07) is 0. The fourth-order valence-corrected chi connectivity index (χ4v) is 2.49. The lowest BCUT2D eigenvalue weighted by Crippen LogP contribution is -2.21. The summed E-state index contributed by atoms with van der Waals surface area (Å²) in [5.74, 6) is 0.217. The third-order valence-electron chi connectivity index (χ3n) is 2.86. The Morgan fingerprint density at radius 1 is 1.61 bits per heavy atom. The number of nitrogens with one attached hydrogen (secondary N) is 1. The maximum Gasteiger partial charge on any atom is 0.243 e. The van der Waals surface area contributed by atoms with E-state index in [0.29, 0.717) is 0 Å². The minimum atomic E-state index is 0.0275. The number of hydrazone groups is 1. The summed E-state index contributed by atoms with van der Waals surface area (Å²) in [6.45, 7) is 6.10. The van der Waals surface area contributed by atoms with Crippen molar-refractivity contribution in [1.82, 2.24) is 10.4 Å². The molecule has 1 fully saturated rings. The molecule has 0 bridgehead atoms. The molecule has 0 aliphatic heterocycles. The predicted octanol–water partition coefficient (Wildman–Crippen LogP) is 1.85. The Balaban J connectivity index is 1.89. The van der Waals surface area contributed by atoms with Crippen LogP contribution in [0.5, 0.6) is 0 Å². The Kier molecular flexibility index (Phi) is 4.30. The van der Waals surface area contributed by atoms with Crippen LogP contribution in [0.25, 0.3) is 0 Å². The molecule has 1 heterocycles. The van der Waals surface area contributed by atoms with E-state index in [2.05, 4.69) is 34.3 Å². The number of thiazole rings is 1. The highest BCUT2D eigenvalue weighted by Gasteiger charge is 2.29. The molecule has 1 aromatic rings. The van der Waals surface area contributed by atoms with E-state index in [1.807, 2.05) is 0 Å². The van der Waals surface area contributed by atoms with E-state index in [0.717, 1.165) is 35.9 Å². The monoisotopic (exact) mass is 266 g/mol. The van der Waals surface area contributed by atoms with Crippen molar-refractivity contribution < 1.29 is 4.79 Å². The number of carbonyl (C=O) groups excluding carboxylic acids is 1. The first-order chi connectivity index (χ1) is 8.74. The van der Waals surface area contributed by atoms with Crippen molar-refractivity contribution in [3.63, 3.8) is 0 Å². The summed E-state index contributed by atoms with van der Waals surface area (Å²) >= 11 is 1.58. The molecule has 0 radical (unpaired) electrons. The molecule has 0 saturated heterocycles. The van der Waals surface area contributed by atoms with E-state index in [9.17, 15) is 4.79 Å². The normalized spacial score (nSPS) is 15.0. The van der Waals surface area contributed by atoms with Crippen molar-refractivity contribution >= 4 is 28.6 Å². The molecule has 6 heteroatoms. The summed E-state index contributed by atoms with van der Waals surface area (Å²) in [4.78, 5) is 18.8. The van der Waals surface area contributed by atoms with Crippen molar-refractivity contribution in [3.05, 3.63) is 11.1 Å². The van der Waals surface area contributed by atoms with Crippen LogP contribution in [0.2, 0.25) is 0 Å². The van der Waals surface area contributed by atoms with E-state index in [4.69, 9.17) is 0 Å². The van der Waals surface area contributed by atoms with Gasteiger partial charge in [-0.25, -0.2) is 10.4 Å². The van der Waals surface area contributed by atoms with Gasteiger partial charge in [0.2, 0.25) is 5.91 Å². The minimum Gasteiger partial charge on any atom is -0.349 e. The highest BCUT2D eigenvalue weighted by atomic mass is 32.1. The molecule has 98 valence electrons. The number of carbonyl (C=O) groups is 1. The quantitative estimate of drug-likeness (QED) is 0.631. The van der Waals surface area contributed by atoms with Crippen LogP contribution in [-0.2, 0) is 4.79 Å². The second-order valence-corrected chi connectivity index (χ2v) is 5.27. The Labute approximate surface area is 111 Å². The molecule has 0 spiro atoms. The summed E-state index contributed by atoms with van der Waals surface area (Å²) in [6.07, 6.45) is 5.43. The molecule has 1 N–H and O–H groups in total. The highest BCUT2D eigenvalue weighted by molar-refractivity contribution is 7.17. The molecule has 1 aliphatic rings. The van der Waals surface area contributed by atoms with Crippen LogP contribution < -0.4 is 10.3 Å². The first kappa shape index (κ1) is 13.0. The van der Waals surface area contributed by atoms with Crippen LogP contribution in [0.4, 0.5) is 5.13 Å². The van der Waals surface area contributed by atoms with Crippen LogP contribution >= 0.6 is 11.3 Å². The maximum atomic E-state index is 11.4. The SMILES string of the molecule is CCN(CC)c1ncc(/C=N\NC(=O)C2CC2)s1. The largest absolute Gasteiger partial charge is 0.349 e. The Bertz CT molecular complexity index is 435. The summed E-state index contributed by atoms with van der Waals surface area (Å²) in [5.41, 5.74) is 2.56. The molecule has 0 unspecified atom stereocenters. The molecule has 0 atom stereocenters. The van der Waals surface area contributed by atoms with Gasteiger partial charge in [-0.1, -0.05) is 11.3 Å². The molecular weight excluding hydrogens is 248 g/mol. The van der Waals surface area contributed by atoms with Crippen LogP contribution in [0.3, 0.4) is 0 Å². The number of anilines is 1. The van der Waals surface area contributed by atoms with Crippen LogP contribution in [0.15, 0.2) is 11.3 Å². The molecule has 2 rings (SSSR count). The first-order valence-corrected chi connectivity index (χ1v) is 7.10. The van der Waals surface area contributed by atoms with Gasteiger partial charge in [0.05, 0.1) is 11.1 Å². The summed E-state index contributed by atoms with van der Waals surface area (Å²) in [7, 11) is 0. The average molecular weight is 266 g/mol. The van der Waals surface area contributed by atoms with Crippen molar-refractivity contribution in [3.8, 4) is 0 Å². The lowest BCUT2D eigenvalue weighted by molar-refractivity contribution is -0.122. The maximum absolute atomic E-state index is 11.4. The fourth-order valence-electron chi connectivity index (χ4n) is 1.57. The van der Waals surface area contributed by atoms with E-state index in [-0.39, 0.29) is 11.8 Å². The molecule has 1 aliphatic carbocycles. The molecule has 1 aromatic heterocycles. The predicted molar refractivity (Wildman–Crippen MR) is 74.1 cm³/mol. The Morgan fingerprint density at radius 3 is 2.94 bits per heavy atom. The standard InChI is InChI=1S/C12H18N4OS/c1-3-16(4-2)12-13-7-10(18-12)8-14-15-11(17)9-5-6-9/h7-9H,3-6H2,1-2H3,(H,15,17)/b14-8-. The highest BCUT2D eigenvalue weighted by Crippen LogP contribution is 2.28. The third kappa shape index (κ3) is 3.29. The number of rotatable bonds is 6. The minimum absolute atomic E-state index is 0.0275. The van der Waals surface area contributed by atoms with Crippen molar-refractivity contribution in [2.24, 2.45) is 11.0 Å². The average Bonchev–Trinajstić information content (AvgIpc) is 3.13. The third-order valence-corrected chi connectivity index (χ3v) is 3.85. The van der Waals surface area contributed by atoms with Gasteiger partial charge in [0.15, 0.2) is 5.13 Å². The van der Waals surface area contributed by atoms with E-state index in [1.165, 1.54) is 0 Å². The van der Waals surface area contributed by atoms with Crippen molar-refractivity contribution in [2.75, 3.05) is 18.0 Å². The van der Waals surface area contributed by atoms with Crippen LogP contribution in [0, 0.1) is 5.92 Å². The van der Waals surface area contributed by atoms with Gasteiger partial charge in [0.1, 0.15) is 0 Å². The van der Waals surface area contributed by atoms with Gasteiger partial charge < -0.3 is 4.90 Å². The van der Waals surface area contributed by atoms with E-state index >= 15 is 0 Å². The van der Waals surface area contributed by atoms with E-state index in [1.54, 1.807) is 23.7 Å². The number of hydrogen-bond acceptors (Lipinski definition) is 5. The molecular formula is C12H18N4OS. The molecule has 18 heavy (non-hydrogen) atoms. The topological polar surface area (TPSA) is 57.6 Å². The fraction of sp³-hybridized carbons (Fsp3) is 0.583. The van der Waals surface area contributed by atoms with Gasteiger partial charge in [-0.15, -0.1) is 0 Å². The van der Waals surface area contributed by atoms with Crippen molar-refractivity contribution in [1.29, 1.82) is 0 Å². The van der Waals surface area contributed by atoms with Gasteiger partial charge >= 0.3 is 0 Å². The van der Waals surface area contributed by atoms with Crippen LogP contribution in [-0.4, -0.2) is 30.2 Å². The molecule has 0 aromatic carbocycles. The van der Waals surface area contributed by atoms with Crippen molar-refractivity contribution in [2.45, 2.75) is 26.7 Å². The first-order valence-electron chi connectivity index (χ1n) is 6.28. The zero-order valence-electron chi connectivity index (χ0n) is 10.7. The Morgan fingerprint density at radius 2 is 2.33 bits per heavy atom. The molecule has 1 saturated carbocycles. The van der Waals surface area contributed by atoms with Crippen LogP contribution in [0.1, 0.15) is 31.6 Å². The van der Waals surface area contributed by atoms with Gasteiger partial charge in [-0.3, -0.25) is 4.79 Å². The molecule has 5 nitrogen and oxygen atoms in total. The number of nitrogens with zero attached hydrogens (tertiary/aromatic N) is 3. The lowest BCUT2D eigenvalue weighted by Gasteiger charge is -2.16. The number of hydrogen-bond donors (Lipinski definition) is 1. The smallest absolute Gasteiger partial charge is 0.243 e. The zero-order valence-corrected chi connectivity index (χ0v) is 11.5. The summed E-state index contributed by atoms with van der Waals surface area (Å²) in [5, 5.41) is 4.95. The summed E-state index contributed by atoms with van der Waals surface area (Å²) < 4.78 is 0. The van der Waals surface area contributed by atoms with Gasteiger partial charge in [0.25, 0.3) is 0 Å². The molecule has 1 amide bonds. The second kappa shape index (κ2) is 5.95. The Hall–Kier alpha value is -1.43.